The maximum Gasteiger partial charge on any atom is 0.269 e. The van der Waals surface area contributed by atoms with Gasteiger partial charge in [-0.2, -0.15) is 5.10 Å². The molecule has 2 heterocycles. The first-order valence-electron chi connectivity index (χ1n) is 8.57. The number of nitrogens with zero attached hydrogens (tertiary/aromatic N) is 2. The standard InChI is InChI=1S/C17H30N4O2.ClH/c1-5-21-15(10-14(20-21)13(2)3)16(22)19-11-17(12-23-4)6-8-18-9-7-17;/h10,13,18H,5-9,11-12H2,1-4H3,(H,19,22);1H. The monoisotopic (exact) mass is 358 g/mol. The van der Waals surface area contributed by atoms with E-state index in [0.717, 1.165) is 31.6 Å². The third-order valence-corrected chi connectivity index (χ3v) is 4.66. The van der Waals surface area contributed by atoms with E-state index < -0.39 is 0 Å². The first-order chi connectivity index (χ1) is 11.0. The molecule has 0 atom stereocenters. The van der Waals surface area contributed by atoms with E-state index in [-0.39, 0.29) is 23.7 Å². The lowest BCUT2D eigenvalue weighted by molar-refractivity contribution is 0.0509. The Morgan fingerprint density at radius 1 is 1.46 bits per heavy atom. The molecule has 24 heavy (non-hydrogen) atoms. The number of hydrogen-bond donors (Lipinski definition) is 2. The summed E-state index contributed by atoms with van der Waals surface area (Å²) in [6, 6.07) is 1.91. The van der Waals surface area contributed by atoms with Crippen molar-refractivity contribution >= 4 is 18.3 Å². The highest BCUT2D eigenvalue weighted by Crippen LogP contribution is 2.28. The molecule has 0 bridgehead atoms. The molecule has 0 aromatic carbocycles. The van der Waals surface area contributed by atoms with Crippen LogP contribution in [0.5, 0.6) is 0 Å². The van der Waals surface area contributed by atoms with Gasteiger partial charge in [0.1, 0.15) is 5.69 Å². The number of aromatic nitrogens is 2. The van der Waals surface area contributed by atoms with E-state index in [4.69, 9.17) is 4.74 Å². The summed E-state index contributed by atoms with van der Waals surface area (Å²) in [5, 5.41) is 11.0. The molecule has 0 unspecified atom stereocenters. The molecule has 0 saturated carbocycles. The van der Waals surface area contributed by atoms with Crippen LogP contribution in [0, 0.1) is 5.41 Å². The lowest BCUT2D eigenvalue weighted by Gasteiger charge is -2.37. The van der Waals surface area contributed by atoms with Crippen molar-refractivity contribution in [3.63, 3.8) is 0 Å². The molecule has 2 rings (SSSR count). The summed E-state index contributed by atoms with van der Waals surface area (Å²) in [5.41, 5.74) is 1.65. The minimum atomic E-state index is -0.0414. The van der Waals surface area contributed by atoms with E-state index in [9.17, 15) is 4.79 Å². The fourth-order valence-corrected chi connectivity index (χ4v) is 3.14. The molecule has 1 aromatic heterocycles. The predicted molar refractivity (Wildman–Crippen MR) is 98.0 cm³/mol. The number of nitrogens with one attached hydrogen (secondary N) is 2. The van der Waals surface area contributed by atoms with Crippen LogP contribution in [0.2, 0.25) is 0 Å². The molecule has 1 aliphatic heterocycles. The van der Waals surface area contributed by atoms with Gasteiger partial charge in [-0.15, -0.1) is 12.4 Å². The van der Waals surface area contributed by atoms with Crippen molar-refractivity contribution < 1.29 is 9.53 Å². The first kappa shape index (κ1) is 20.9. The van der Waals surface area contributed by atoms with Crippen molar-refractivity contribution in [3.05, 3.63) is 17.5 Å². The molecule has 2 N–H and O–H groups in total. The van der Waals surface area contributed by atoms with E-state index >= 15 is 0 Å². The van der Waals surface area contributed by atoms with Crippen LogP contribution >= 0.6 is 12.4 Å². The number of carbonyl (C=O) groups excluding carboxylic acids is 1. The highest BCUT2D eigenvalue weighted by molar-refractivity contribution is 5.92. The first-order valence-corrected chi connectivity index (χ1v) is 8.57. The molecule has 1 aliphatic rings. The lowest BCUT2D eigenvalue weighted by atomic mass is 9.79. The highest BCUT2D eigenvalue weighted by Gasteiger charge is 2.33. The Morgan fingerprint density at radius 2 is 2.12 bits per heavy atom. The van der Waals surface area contributed by atoms with E-state index in [1.54, 1.807) is 11.8 Å². The molecule has 1 amide bonds. The lowest BCUT2D eigenvalue weighted by Crippen LogP contribution is -2.47. The Morgan fingerprint density at radius 3 is 2.67 bits per heavy atom. The number of ether oxygens (including phenoxy) is 1. The normalized spacial score (nSPS) is 16.7. The van der Waals surface area contributed by atoms with Gasteiger partial charge in [0.05, 0.1) is 12.3 Å². The fraction of sp³-hybridized carbons (Fsp3) is 0.765. The average molecular weight is 359 g/mol. The number of amides is 1. The van der Waals surface area contributed by atoms with Crippen molar-refractivity contribution in [2.75, 3.05) is 33.4 Å². The van der Waals surface area contributed by atoms with E-state index in [1.807, 2.05) is 13.0 Å². The van der Waals surface area contributed by atoms with Gasteiger partial charge in [-0.1, -0.05) is 13.8 Å². The summed E-state index contributed by atoms with van der Waals surface area (Å²) in [7, 11) is 1.73. The minimum Gasteiger partial charge on any atom is -0.384 e. The van der Waals surface area contributed by atoms with E-state index in [2.05, 4.69) is 29.6 Å². The average Bonchev–Trinajstić information content (AvgIpc) is 2.98. The van der Waals surface area contributed by atoms with Crippen LogP contribution in [-0.2, 0) is 11.3 Å². The Hall–Kier alpha value is -1.11. The van der Waals surface area contributed by atoms with Crippen LogP contribution in [0.15, 0.2) is 6.07 Å². The summed E-state index contributed by atoms with van der Waals surface area (Å²) in [5.74, 6) is 0.277. The third-order valence-electron chi connectivity index (χ3n) is 4.66. The molecule has 138 valence electrons. The number of methoxy groups -OCH3 is 1. The molecule has 0 radical (unpaired) electrons. The molecular formula is C17H31ClN4O2. The Bertz CT molecular complexity index is 519. The molecule has 1 fully saturated rings. The number of carbonyl (C=O) groups is 1. The number of rotatable bonds is 7. The van der Waals surface area contributed by atoms with Crippen LogP contribution in [0.25, 0.3) is 0 Å². The SMILES string of the molecule is CCn1nc(C(C)C)cc1C(=O)NCC1(COC)CCNCC1.Cl. The molecule has 7 heteroatoms. The molecule has 0 spiro atoms. The number of aryl methyl sites for hydroxylation is 1. The van der Waals surface area contributed by atoms with Crippen molar-refractivity contribution in [3.8, 4) is 0 Å². The number of hydrogen-bond acceptors (Lipinski definition) is 4. The van der Waals surface area contributed by atoms with Gasteiger partial charge in [-0.25, -0.2) is 0 Å². The van der Waals surface area contributed by atoms with Gasteiger partial charge in [-0.3, -0.25) is 9.48 Å². The van der Waals surface area contributed by atoms with Crippen LogP contribution in [0.4, 0.5) is 0 Å². The zero-order chi connectivity index (χ0) is 16.9. The minimum absolute atomic E-state index is 0. The summed E-state index contributed by atoms with van der Waals surface area (Å²) in [6.07, 6.45) is 2.04. The molecule has 1 aromatic rings. The van der Waals surface area contributed by atoms with Crippen LogP contribution in [0.1, 0.15) is 55.7 Å². The Labute approximate surface area is 151 Å². The second kappa shape index (κ2) is 9.39. The second-order valence-electron chi connectivity index (χ2n) is 6.79. The summed E-state index contributed by atoms with van der Waals surface area (Å²) in [6.45, 7) is 10.2. The summed E-state index contributed by atoms with van der Waals surface area (Å²) < 4.78 is 7.19. The van der Waals surface area contributed by atoms with Crippen LogP contribution in [0.3, 0.4) is 0 Å². The van der Waals surface area contributed by atoms with Gasteiger partial charge < -0.3 is 15.4 Å². The fourth-order valence-electron chi connectivity index (χ4n) is 3.14. The quantitative estimate of drug-likeness (QED) is 0.784. The van der Waals surface area contributed by atoms with Gasteiger partial charge in [0.25, 0.3) is 5.91 Å². The molecule has 1 saturated heterocycles. The molecule has 0 aliphatic carbocycles. The van der Waals surface area contributed by atoms with Crippen LogP contribution in [-0.4, -0.2) is 49.0 Å². The van der Waals surface area contributed by atoms with Crippen molar-refractivity contribution in [2.45, 2.75) is 46.1 Å². The number of halogens is 1. The smallest absolute Gasteiger partial charge is 0.269 e. The van der Waals surface area contributed by atoms with Crippen molar-refractivity contribution in [2.24, 2.45) is 5.41 Å². The summed E-state index contributed by atoms with van der Waals surface area (Å²) >= 11 is 0. The Kier molecular flexibility index (Phi) is 8.19. The maximum atomic E-state index is 12.6. The summed E-state index contributed by atoms with van der Waals surface area (Å²) in [4.78, 5) is 12.6. The predicted octanol–water partition coefficient (Wildman–Crippen LogP) is 2.19. The number of piperidine rings is 1. The molecule has 6 nitrogen and oxygen atoms in total. The third kappa shape index (κ3) is 4.94. The van der Waals surface area contributed by atoms with Crippen LogP contribution < -0.4 is 10.6 Å². The van der Waals surface area contributed by atoms with E-state index in [1.165, 1.54) is 0 Å². The van der Waals surface area contributed by atoms with Crippen molar-refractivity contribution in [1.82, 2.24) is 20.4 Å². The largest absolute Gasteiger partial charge is 0.384 e. The van der Waals surface area contributed by atoms with Gasteiger partial charge >= 0.3 is 0 Å². The topological polar surface area (TPSA) is 68.2 Å². The zero-order valence-electron chi connectivity index (χ0n) is 15.2. The van der Waals surface area contributed by atoms with Crippen molar-refractivity contribution in [1.29, 1.82) is 0 Å². The highest BCUT2D eigenvalue weighted by atomic mass is 35.5. The molecular weight excluding hydrogens is 328 g/mol. The van der Waals surface area contributed by atoms with Gasteiger partial charge in [0.2, 0.25) is 0 Å². The maximum absolute atomic E-state index is 12.6. The zero-order valence-corrected chi connectivity index (χ0v) is 16.0. The van der Waals surface area contributed by atoms with Gasteiger partial charge in [0.15, 0.2) is 0 Å². The Balaban J connectivity index is 0.00000288. The second-order valence-corrected chi connectivity index (χ2v) is 6.79. The van der Waals surface area contributed by atoms with Gasteiger partial charge in [-0.05, 0) is 44.8 Å². The van der Waals surface area contributed by atoms with Gasteiger partial charge in [0, 0.05) is 25.6 Å². The van der Waals surface area contributed by atoms with E-state index in [0.29, 0.717) is 31.3 Å².